The van der Waals surface area contributed by atoms with E-state index in [0.717, 1.165) is 19.5 Å². The van der Waals surface area contributed by atoms with Gasteiger partial charge in [0.25, 0.3) is 5.69 Å². The zero-order valence-corrected chi connectivity index (χ0v) is 15.1. The van der Waals surface area contributed by atoms with Crippen molar-refractivity contribution in [2.24, 2.45) is 5.92 Å². The van der Waals surface area contributed by atoms with Gasteiger partial charge in [0, 0.05) is 31.8 Å². The Labute approximate surface area is 150 Å². The number of amides is 1. The summed E-state index contributed by atoms with van der Waals surface area (Å²) in [4.78, 5) is 32.0. The van der Waals surface area contributed by atoms with E-state index >= 15 is 0 Å². The van der Waals surface area contributed by atoms with Crippen LogP contribution in [0.15, 0.2) is 18.2 Å². The highest BCUT2D eigenvalue weighted by molar-refractivity contribution is 5.80. The van der Waals surface area contributed by atoms with Gasteiger partial charge < -0.3 is 19.9 Å². The van der Waals surface area contributed by atoms with E-state index in [9.17, 15) is 14.9 Å². The number of hydrogen-bond donors (Lipinski definition) is 2. The number of nitro benzene ring substituents is 1. The lowest BCUT2D eigenvalue weighted by Crippen LogP contribution is -2.36. The average Bonchev–Trinajstić information content (AvgIpc) is 3.16. The lowest BCUT2D eigenvalue weighted by Gasteiger charge is -2.20. The number of non-ortho nitro benzene ring substituents is 1. The van der Waals surface area contributed by atoms with Crippen LogP contribution in [0.5, 0.6) is 0 Å². The molecule has 0 unspecified atom stereocenters. The number of fused-ring (bicyclic) bond motifs is 1. The average molecular weight is 361 g/mol. The van der Waals surface area contributed by atoms with Gasteiger partial charge in [0.2, 0.25) is 5.95 Å². The lowest BCUT2D eigenvalue weighted by molar-refractivity contribution is -0.384. The predicted octanol–water partition coefficient (Wildman–Crippen LogP) is 2.82. The first-order valence-corrected chi connectivity index (χ1v) is 8.57. The molecule has 9 nitrogen and oxygen atoms in total. The van der Waals surface area contributed by atoms with E-state index in [4.69, 9.17) is 4.74 Å². The van der Waals surface area contributed by atoms with Crippen molar-refractivity contribution in [3.8, 4) is 0 Å². The number of imidazole rings is 1. The first-order chi connectivity index (χ1) is 12.2. The number of hydrogen-bond acceptors (Lipinski definition) is 6. The van der Waals surface area contributed by atoms with Crippen molar-refractivity contribution < 1.29 is 14.5 Å². The number of H-pyrrole nitrogens is 1. The third kappa shape index (κ3) is 4.22. The number of anilines is 1. The first kappa shape index (κ1) is 18.0. The maximum absolute atomic E-state index is 11.8. The van der Waals surface area contributed by atoms with Gasteiger partial charge in [-0.2, -0.15) is 0 Å². The molecule has 140 valence electrons. The minimum Gasteiger partial charge on any atom is -0.444 e. The summed E-state index contributed by atoms with van der Waals surface area (Å²) in [5.41, 5.74) is 0.863. The van der Waals surface area contributed by atoms with Gasteiger partial charge in [0.1, 0.15) is 5.60 Å². The van der Waals surface area contributed by atoms with E-state index in [-0.39, 0.29) is 5.69 Å². The molecule has 9 heteroatoms. The van der Waals surface area contributed by atoms with Crippen molar-refractivity contribution in [3.63, 3.8) is 0 Å². The number of nitro groups is 1. The summed E-state index contributed by atoms with van der Waals surface area (Å²) in [6.45, 7) is 7.58. The Bertz CT molecular complexity index is 826. The van der Waals surface area contributed by atoms with E-state index in [0.29, 0.717) is 29.4 Å². The van der Waals surface area contributed by atoms with Crippen molar-refractivity contribution in [2.75, 3.05) is 24.5 Å². The number of ether oxygens (including phenoxy) is 1. The summed E-state index contributed by atoms with van der Waals surface area (Å²) >= 11 is 0. The standard InChI is InChI=1S/C17H23N5O4/c1-17(2,3)26-16(23)18-9-11-6-7-21(10-11)15-19-13-5-4-12(22(24)25)8-14(13)20-15/h4-5,8,11H,6-7,9-10H2,1-3H3,(H,18,23)(H,19,20)/t11-/m1/s1. The Hall–Kier alpha value is -2.84. The highest BCUT2D eigenvalue weighted by Crippen LogP contribution is 2.26. The smallest absolute Gasteiger partial charge is 0.407 e. The third-order valence-electron chi connectivity index (χ3n) is 4.18. The van der Waals surface area contributed by atoms with Crippen LogP contribution in [0.25, 0.3) is 11.0 Å². The number of nitrogens with zero attached hydrogens (tertiary/aromatic N) is 3. The van der Waals surface area contributed by atoms with Crippen LogP contribution in [0, 0.1) is 16.0 Å². The van der Waals surface area contributed by atoms with Crippen LogP contribution in [-0.4, -0.2) is 46.2 Å². The minimum atomic E-state index is -0.511. The molecule has 2 N–H and O–H groups in total. The molecule has 1 aromatic carbocycles. The monoisotopic (exact) mass is 361 g/mol. The van der Waals surface area contributed by atoms with Crippen LogP contribution in [0.1, 0.15) is 27.2 Å². The van der Waals surface area contributed by atoms with Crippen LogP contribution in [-0.2, 0) is 4.74 Å². The van der Waals surface area contributed by atoms with Crippen LogP contribution >= 0.6 is 0 Å². The van der Waals surface area contributed by atoms with Crippen LogP contribution in [0.4, 0.5) is 16.4 Å². The van der Waals surface area contributed by atoms with Crippen LogP contribution in [0.3, 0.4) is 0 Å². The fourth-order valence-corrected chi connectivity index (χ4v) is 2.98. The van der Waals surface area contributed by atoms with Crippen LogP contribution < -0.4 is 10.2 Å². The van der Waals surface area contributed by atoms with E-state index in [1.807, 2.05) is 20.8 Å². The second-order valence-corrected chi connectivity index (χ2v) is 7.50. The molecular weight excluding hydrogens is 338 g/mol. The Morgan fingerprint density at radius 2 is 2.27 bits per heavy atom. The number of aromatic nitrogens is 2. The zero-order valence-electron chi connectivity index (χ0n) is 15.1. The second kappa shape index (κ2) is 6.81. The topological polar surface area (TPSA) is 113 Å². The minimum absolute atomic E-state index is 0.0357. The molecule has 1 amide bonds. The van der Waals surface area contributed by atoms with E-state index in [2.05, 4.69) is 20.2 Å². The van der Waals surface area contributed by atoms with Crippen molar-refractivity contribution in [2.45, 2.75) is 32.8 Å². The maximum atomic E-state index is 11.8. The fraction of sp³-hybridized carbons (Fsp3) is 0.529. The van der Waals surface area contributed by atoms with Gasteiger partial charge in [0.15, 0.2) is 0 Å². The largest absolute Gasteiger partial charge is 0.444 e. The highest BCUT2D eigenvalue weighted by atomic mass is 16.6. The van der Waals surface area contributed by atoms with E-state index < -0.39 is 16.6 Å². The molecule has 0 saturated carbocycles. The van der Waals surface area contributed by atoms with E-state index in [1.54, 1.807) is 6.07 Å². The summed E-state index contributed by atoms with van der Waals surface area (Å²) in [7, 11) is 0. The summed E-state index contributed by atoms with van der Waals surface area (Å²) in [5.74, 6) is 0.991. The van der Waals surface area contributed by atoms with Gasteiger partial charge in [-0.3, -0.25) is 10.1 Å². The summed E-state index contributed by atoms with van der Waals surface area (Å²) in [5, 5.41) is 13.7. The SMILES string of the molecule is CC(C)(C)OC(=O)NC[C@H]1CCN(c2nc3ccc([N+](=O)[O-])cc3[nH]2)C1. The Balaban J connectivity index is 1.59. The van der Waals surface area contributed by atoms with Gasteiger partial charge in [-0.15, -0.1) is 0 Å². The maximum Gasteiger partial charge on any atom is 0.407 e. The summed E-state index contributed by atoms with van der Waals surface area (Å²) < 4.78 is 5.24. The molecule has 1 atom stereocenters. The fourth-order valence-electron chi connectivity index (χ4n) is 2.98. The van der Waals surface area contributed by atoms with Crippen molar-refractivity contribution in [3.05, 3.63) is 28.3 Å². The normalized spacial score (nSPS) is 17.5. The van der Waals surface area contributed by atoms with Gasteiger partial charge in [-0.05, 0) is 39.2 Å². The number of rotatable bonds is 4. The summed E-state index contributed by atoms with van der Waals surface area (Å²) in [6.07, 6.45) is 0.513. The molecule has 1 aliphatic heterocycles. The van der Waals surface area contributed by atoms with Crippen molar-refractivity contribution >= 4 is 28.8 Å². The number of nitrogens with one attached hydrogen (secondary N) is 2. The number of aromatic amines is 1. The second-order valence-electron chi connectivity index (χ2n) is 7.50. The quantitative estimate of drug-likeness (QED) is 0.639. The molecule has 3 rings (SSSR count). The molecule has 2 aromatic rings. The molecule has 1 fully saturated rings. The molecular formula is C17H23N5O4. The Morgan fingerprint density at radius 1 is 1.50 bits per heavy atom. The summed E-state index contributed by atoms with van der Waals surface area (Å²) in [6, 6.07) is 4.58. The number of carbonyl (C=O) groups excluding carboxylic acids is 1. The molecule has 0 spiro atoms. The Kier molecular flexibility index (Phi) is 4.71. The van der Waals surface area contributed by atoms with Gasteiger partial charge in [-0.25, -0.2) is 9.78 Å². The molecule has 0 bridgehead atoms. The predicted molar refractivity (Wildman–Crippen MR) is 97.3 cm³/mol. The van der Waals surface area contributed by atoms with E-state index in [1.165, 1.54) is 12.1 Å². The molecule has 2 heterocycles. The molecule has 1 saturated heterocycles. The number of benzene rings is 1. The lowest BCUT2D eigenvalue weighted by atomic mass is 10.1. The molecule has 1 aliphatic rings. The molecule has 1 aromatic heterocycles. The molecule has 0 radical (unpaired) electrons. The van der Waals surface area contributed by atoms with Gasteiger partial charge >= 0.3 is 6.09 Å². The highest BCUT2D eigenvalue weighted by Gasteiger charge is 2.26. The van der Waals surface area contributed by atoms with Gasteiger partial charge in [-0.1, -0.05) is 0 Å². The third-order valence-corrected chi connectivity index (χ3v) is 4.18. The first-order valence-electron chi connectivity index (χ1n) is 8.57. The van der Waals surface area contributed by atoms with Crippen molar-refractivity contribution in [1.29, 1.82) is 0 Å². The molecule has 26 heavy (non-hydrogen) atoms. The Morgan fingerprint density at radius 3 is 2.96 bits per heavy atom. The van der Waals surface area contributed by atoms with Crippen molar-refractivity contribution in [1.82, 2.24) is 15.3 Å². The van der Waals surface area contributed by atoms with Gasteiger partial charge in [0.05, 0.1) is 16.0 Å². The molecule has 0 aliphatic carbocycles. The number of carbonyl (C=O) groups is 1. The number of alkyl carbamates (subject to hydrolysis) is 1. The van der Waals surface area contributed by atoms with Crippen LogP contribution in [0.2, 0.25) is 0 Å². The zero-order chi connectivity index (χ0) is 18.9.